The Hall–Kier alpha value is -7.18. The van der Waals surface area contributed by atoms with E-state index in [1.165, 1.54) is 0 Å². The molecule has 6 heteroatoms. The molecule has 0 saturated carbocycles. The topological polar surface area (TPSA) is 64.0 Å². The highest BCUT2D eigenvalue weighted by Crippen LogP contribution is 2.41. The van der Waals surface area contributed by atoms with Crippen molar-refractivity contribution < 1.29 is 18.4 Å². The number of fused-ring (bicyclic) bond motifs is 3. The molecule has 2 N–H and O–H groups in total. The van der Waals surface area contributed by atoms with Crippen molar-refractivity contribution in [2.45, 2.75) is 26.2 Å². The molecule has 0 unspecified atom stereocenters. The number of hydrogen-bond acceptors (Lipinski definition) is 5. The van der Waals surface area contributed by atoms with Gasteiger partial charge in [-0.15, -0.1) is 0 Å². The fraction of sp³-hybridized carbons (Fsp3) is 0.0800. The van der Waals surface area contributed by atoms with Gasteiger partial charge in [0.15, 0.2) is 0 Å². The number of nitrogens with zero attached hydrogens (tertiary/aromatic N) is 3. The van der Waals surface area contributed by atoms with Crippen LogP contribution >= 0.6 is 0 Å². The Morgan fingerprint density at radius 2 is 1.21 bits per heavy atom. The Morgan fingerprint density at radius 1 is 0.589 bits per heavy atom. The summed E-state index contributed by atoms with van der Waals surface area (Å²) in [6.07, 6.45) is 1.79. The maximum absolute atomic E-state index is 8.85. The minimum atomic E-state index is -0.564. The molecule has 0 aliphatic heterocycles. The van der Waals surface area contributed by atoms with Gasteiger partial charge < -0.3 is 15.4 Å². The zero-order valence-corrected chi connectivity index (χ0v) is 30.8. The molecule has 272 valence electrons. The normalized spacial score (nSPS) is 14.0. The van der Waals surface area contributed by atoms with Crippen LogP contribution in [0.4, 0.5) is 22.7 Å². The van der Waals surface area contributed by atoms with E-state index in [-0.39, 0.29) is 33.4 Å². The quantitative estimate of drug-likeness (QED) is 0.154. The van der Waals surface area contributed by atoms with Gasteiger partial charge in [-0.25, -0.2) is 9.97 Å². The van der Waals surface area contributed by atoms with Crippen LogP contribution in [-0.2, 0) is 5.41 Å². The summed E-state index contributed by atoms with van der Waals surface area (Å²) in [5.41, 5.74) is 4.46. The summed E-state index contributed by atoms with van der Waals surface area (Å²) in [5, 5.41) is 8.90. The number of anilines is 4. The Labute approximate surface area is 341 Å². The third-order valence-corrected chi connectivity index (χ3v) is 9.40. The fourth-order valence-corrected chi connectivity index (χ4v) is 6.74. The van der Waals surface area contributed by atoms with E-state index in [0.29, 0.717) is 34.5 Å². The van der Waals surface area contributed by atoms with Crippen molar-refractivity contribution in [2.24, 2.45) is 0 Å². The van der Waals surface area contributed by atoms with Crippen molar-refractivity contribution in [3.63, 3.8) is 0 Å². The predicted molar refractivity (Wildman–Crippen MR) is 232 cm³/mol. The van der Waals surface area contributed by atoms with Crippen LogP contribution in [0.5, 0.6) is 11.5 Å². The average molecular weight is 738 g/mol. The van der Waals surface area contributed by atoms with Gasteiger partial charge >= 0.3 is 0 Å². The van der Waals surface area contributed by atoms with Crippen LogP contribution < -0.4 is 15.4 Å². The number of rotatable bonds is 9. The number of ether oxygens (including phenoxy) is 1. The number of para-hydroxylation sites is 4. The van der Waals surface area contributed by atoms with Gasteiger partial charge in [0.2, 0.25) is 5.95 Å². The molecular weight excluding hydrogens is 687 g/mol. The van der Waals surface area contributed by atoms with E-state index in [2.05, 4.69) is 43.5 Å². The van der Waals surface area contributed by atoms with Crippen LogP contribution in [0, 0.1) is 0 Å². The van der Waals surface area contributed by atoms with Crippen LogP contribution in [0.3, 0.4) is 0 Å². The van der Waals surface area contributed by atoms with Gasteiger partial charge in [-0.2, -0.15) is 0 Å². The molecule has 0 radical (unpaired) electrons. The molecule has 0 atom stereocenters. The summed E-state index contributed by atoms with van der Waals surface area (Å²) < 4.78 is 94.1. The Morgan fingerprint density at radius 3 is 1.93 bits per heavy atom. The first-order valence-electron chi connectivity index (χ1n) is 23.1. The number of aromatic nitrogens is 3. The van der Waals surface area contributed by atoms with Crippen LogP contribution in [0.1, 0.15) is 40.2 Å². The highest BCUT2D eigenvalue weighted by molar-refractivity contribution is 6.09. The summed E-state index contributed by atoms with van der Waals surface area (Å²) >= 11 is 0. The average Bonchev–Trinajstić information content (AvgIpc) is 3.64. The second-order valence-corrected chi connectivity index (χ2v) is 14.2. The second kappa shape index (κ2) is 14.6. The monoisotopic (exact) mass is 737 g/mol. The summed E-state index contributed by atoms with van der Waals surface area (Å²) in [4.78, 5) is 9.67. The van der Waals surface area contributed by atoms with E-state index >= 15 is 0 Å². The first kappa shape index (κ1) is 25.0. The lowest BCUT2D eigenvalue weighted by molar-refractivity contribution is 0.483. The molecule has 2 aromatic heterocycles. The minimum Gasteiger partial charge on any atom is -0.457 e. The van der Waals surface area contributed by atoms with E-state index < -0.39 is 60.4 Å². The standard InChI is InChI=1S/C50H41N5O/c1-50(2,3)47-30-31-51-49(54-47)55-45-27-13-10-22-41(45)42-29-28-38(33-46(42)55)56-37-21-14-20-36(32-37)52-43-25-11-12-26-44(43)53-48-39(34-16-6-4-7-17-34)23-15-24-40(48)35-18-8-5-9-19-35/h4-33,52-53H,1-3H3/i4D,5D,6D,7D,8D,9D,16D,17D,18D,19D. The van der Waals surface area contributed by atoms with Crippen molar-refractivity contribution in [3.8, 4) is 39.7 Å². The van der Waals surface area contributed by atoms with Crippen molar-refractivity contribution in [1.29, 1.82) is 0 Å². The van der Waals surface area contributed by atoms with Gasteiger partial charge in [-0.1, -0.05) is 136 Å². The van der Waals surface area contributed by atoms with Gasteiger partial charge in [0.05, 0.1) is 47.5 Å². The second-order valence-electron chi connectivity index (χ2n) is 14.2. The van der Waals surface area contributed by atoms with Gasteiger partial charge in [-0.3, -0.25) is 4.57 Å². The summed E-state index contributed by atoms with van der Waals surface area (Å²) in [6.45, 7) is 6.35. The zero-order valence-electron chi connectivity index (χ0n) is 40.8. The largest absolute Gasteiger partial charge is 0.457 e. The molecular formula is C50H41N5O. The Bertz CT molecular complexity index is 3280. The molecule has 0 spiro atoms. The maximum Gasteiger partial charge on any atom is 0.234 e. The van der Waals surface area contributed by atoms with Gasteiger partial charge in [0, 0.05) is 51.3 Å². The Kier molecular flexibility index (Phi) is 6.51. The molecule has 9 aromatic rings. The molecule has 0 aliphatic carbocycles. The van der Waals surface area contributed by atoms with Crippen LogP contribution in [0.2, 0.25) is 0 Å². The molecule has 0 saturated heterocycles. The summed E-state index contributed by atoms with van der Waals surface area (Å²) in [7, 11) is 0. The first-order chi connectivity index (χ1) is 31.5. The SMILES string of the molecule is [2H]c1c([2H])c([2H])c(-c2cccc(-c3c([2H])c([2H])c([2H])c([2H])c3[2H])c2Nc2ccccc2Nc2cccc(Oc3ccc4c5ccccc5n(-c5nccc(C(C)(C)C)n5)c4c3)c2)c([2H])c1[2H]. The zero-order chi connectivity index (χ0) is 46.8. The molecule has 0 aliphatic rings. The number of benzene rings is 7. The van der Waals surface area contributed by atoms with Crippen molar-refractivity contribution in [1.82, 2.24) is 14.5 Å². The van der Waals surface area contributed by atoms with Crippen molar-refractivity contribution >= 4 is 44.6 Å². The molecule has 56 heavy (non-hydrogen) atoms. The Balaban J connectivity index is 1.10. The van der Waals surface area contributed by atoms with Gasteiger partial charge in [-0.05, 0) is 59.7 Å². The molecule has 0 bridgehead atoms. The maximum atomic E-state index is 8.85. The third-order valence-electron chi connectivity index (χ3n) is 9.40. The van der Waals surface area contributed by atoms with E-state index in [0.717, 1.165) is 27.5 Å². The van der Waals surface area contributed by atoms with E-state index in [1.54, 1.807) is 36.5 Å². The molecule has 0 amide bonds. The van der Waals surface area contributed by atoms with Crippen LogP contribution in [0.25, 0.3) is 50.0 Å². The fourth-order valence-electron chi connectivity index (χ4n) is 6.74. The summed E-state index contributed by atoms with van der Waals surface area (Å²) in [6, 6.07) is 30.1. The molecule has 6 nitrogen and oxygen atoms in total. The smallest absolute Gasteiger partial charge is 0.234 e. The lowest BCUT2D eigenvalue weighted by atomic mass is 9.92. The van der Waals surface area contributed by atoms with Crippen LogP contribution in [0.15, 0.2) is 182 Å². The van der Waals surface area contributed by atoms with E-state index in [1.807, 2.05) is 77.4 Å². The third kappa shape index (κ3) is 6.85. The predicted octanol–water partition coefficient (Wildman–Crippen LogP) is 13.5. The molecule has 2 heterocycles. The van der Waals surface area contributed by atoms with E-state index in [9.17, 15) is 0 Å². The highest BCUT2D eigenvalue weighted by Gasteiger charge is 2.20. The van der Waals surface area contributed by atoms with Gasteiger partial charge in [0.25, 0.3) is 0 Å². The summed E-state index contributed by atoms with van der Waals surface area (Å²) in [5.74, 6) is 1.68. The molecule has 7 aromatic carbocycles. The lowest BCUT2D eigenvalue weighted by Gasteiger charge is -2.20. The number of nitrogens with one attached hydrogen (secondary N) is 2. The van der Waals surface area contributed by atoms with Gasteiger partial charge in [0.1, 0.15) is 11.5 Å². The number of hydrogen-bond donors (Lipinski definition) is 2. The van der Waals surface area contributed by atoms with E-state index in [4.69, 9.17) is 28.4 Å². The minimum absolute atomic E-state index is 0.127. The lowest BCUT2D eigenvalue weighted by Crippen LogP contribution is -2.15. The highest BCUT2D eigenvalue weighted by atomic mass is 16.5. The van der Waals surface area contributed by atoms with Crippen molar-refractivity contribution in [3.05, 3.63) is 188 Å². The molecule has 9 rings (SSSR count). The first-order valence-corrected chi connectivity index (χ1v) is 18.1. The molecule has 0 fully saturated rings. The van der Waals surface area contributed by atoms with Crippen molar-refractivity contribution in [2.75, 3.05) is 10.6 Å². The van der Waals surface area contributed by atoms with Crippen LogP contribution in [-0.4, -0.2) is 14.5 Å².